The summed E-state index contributed by atoms with van der Waals surface area (Å²) in [7, 11) is 0. The van der Waals surface area contributed by atoms with Crippen LogP contribution in [-0.4, -0.2) is 92.8 Å². The number of likely N-dealkylation sites (N-methyl/N-ethyl adjacent to an activating group) is 1. The molecule has 0 unspecified atom stereocenters. The molecule has 32 heavy (non-hydrogen) atoms. The number of urea groups is 1. The van der Waals surface area contributed by atoms with Crippen LogP contribution >= 0.6 is 0 Å². The monoisotopic (exact) mass is 437 g/mol. The van der Waals surface area contributed by atoms with Gasteiger partial charge >= 0.3 is 6.03 Å². The van der Waals surface area contributed by atoms with Gasteiger partial charge in [-0.15, -0.1) is 0 Å². The standard InChI is InChI=1S/C25H35N5O2/c1-2-27-12-16-29(17-13-27)24-11-7-6-10-23(24)26-25(31)30-18-14-28(15-19-30)20-21-32-22-8-4-3-5-9-22/h3-11H,2,12-21H2,1H3,(H,26,31). The first kappa shape index (κ1) is 22.4. The van der Waals surface area contributed by atoms with Crippen molar-refractivity contribution in [2.24, 2.45) is 0 Å². The summed E-state index contributed by atoms with van der Waals surface area (Å²) < 4.78 is 5.80. The molecule has 0 saturated carbocycles. The predicted molar refractivity (Wildman–Crippen MR) is 130 cm³/mol. The Balaban J connectivity index is 1.24. The molecule has 2 amide bonds. The topological polar surface area (TPSA) is 51.3 Å². The minimum atomic E-state index is -0.00942. The van der Waals surface area contributed by atoms with Gasteiger partial charge in [0.05, 0.1) is 11.4 Å². The number of nitrogens with zero attached hydrogens (tertiary/aromatic N) is 4. The van der Waals surface area contributed by atoms with Gasteiger partial charge in [-0.25, -0.2) is 4.79 Å². The molecule has 0 spiro atoms. The van der Waals surface area contributed by atoms with Crippen LogP contribution in [0.15, 0.2) is 54.6 Å². The summed E-state index contributed by atoms with van der Waals surface area (Å²) in [5.74, 6) is 0.903. The van der Waals surface area contributed by atoms with Crippen molar-refractivity contribution >= 4 is 17.4 Å². The number of carbonyl (C=O) groups is 1. The first-order chi connectivity index (χ1) is 15.7. The second kappa shape index (κ2) is 11.2. The summed E-state index contributed by atoms with van der Waals surface area (Å²) in [6, 6.07) is 18.1. The average molecular weight is 438 g/mol. The Bertz CT molecular complexity index is 846. The van der Waals surface area contributed by atoms with Crippen molar-refractivity contribution in [3.05, 3.63) is 54.6 Å². The summed E-state index contributed by atoms with van der Waals surface area (Å²) >= 11 is 0. The highest BCUT2D eigenvalue weighted by Crippen LogP contribution is 2.27. The zero-order valence-electron chi connectivity index (χ0n) is 19.1. The van der Waals surface area contributed by atoms with Crippen LogP contribution in [0, 0.1) is 0 Å². The smallest absolute Gasteiger partial charge is 0.321 e. The van der Waals surface area contributed by atoms with Crippen LogP contribution in [0.3, 0.4) is 0 Å². The highest BCUT2D eigenvalue weighted by Gasteiger charge is 2.23. The molecule has 2 aliphatic rings. The van der Waals surface area contributed by atoms with E-state index in [4.69, 9.17) is 4.74 Å². The van der Waals surface area contributed by atoms with Crippen LogP contribution < -0.4 is 15.0 Å². The normalized spacial score (nSPS) is 17.9. The number of anilines is 2. The number of para-hydroxylation sites is 3. The van der Waals surface area contributed by atoms with Gasteiger partial charge in [0, 0.05) is 58.9 Å². The second-order valence-corrected chi connectivity index (χ2v) is 8.36. The van der Waals surface area contributed by atoms with Crippen LogP contribution in [0.4, 0.5) is 16.2 Å². The lowest BCUT2D eigenvalue weighted by molar-refractivity contribution is 0.132. The van der Waals surface area contributed by atoms with E-state index >= 15 is 0 Å². The molecule has 2 aromatic carbocycles. The van der Waals surface area contributed by atoms with Crippen molar-refractivity contribution < 1.29 is 9.53 Å². The number of hydrogen-bond donors (Lipinski definition) is 1. The van der Waals surface area contributed by atoms with Gasteiger partial charge in [-0.05, 0) is 30.8 Å². The number of benzene rings is 2. The molecule has 4 rings (SSSR count). The molecule has 2 aliphatic heterocycles. The van der Waals surface area contributed by atoms with Crippen molar-refractivity contribution in [1.29, 1.82) is 0 Å². The average Bonchev–Trinajstić information content (AvgIpc) is 2.85. The third kappa shape index (κ3) is 5.93. The molecule has 2 heterocycles. The van der Waals surface area contributed by atoms with E-state index < -0.39 is 0 Å². The Morgan fingerprint density at radius 1 is 0.844 bits per heavy atom. The van der Waals surface area contributed by atoms with E-state index in [1.807, 2.05) is 53.4 Å². The van der Waals surface area contributed by atoms with Crippen LogP contribution in [-0.2, 0) is 0 Å². The first-order valence-electron chi connectivity index (χ1n) is 11.8. The molecule has 0 bridgehead atoms. The van der Waals surface area contributed by atoms with Gasteiger partial charge in [-0.2, -0.15) is 0 Å². The third-order valence-corrected chi connectivity index (χ3v) is 6.38. The number of piperazine rings is 2. The fraction of sp³-hybridized carbons (Fsp3) is 0.480. The largest absolute Gasteiger partial charge is 0.492 e. The molecule has 0 radical (unpaired) electrons. The molecule has 2 fully saturated rings. The molecule has 0 atom stereocenters. The first-order valence-corrected chi connectivity index (χ1v) is 11.8. The van der Waals surface area contributed by atoms with E-state index in [9.17, 15) is 4.79 Å². The molecule has 2 saturated heterocycles. The van der Waals surface area contributed by atoms with E-state index in [2.05, 4.69) is 33.0 Å². The maximum Gasteiger partial charge on any atom is 0.321 e. The molecule has 0 aliphatic carbocycles. The zero-order valence-corrected chi connectivity index (χ0v) is 19.1. The van der Waals surface area contributed by atoms with Crippen LogP contribution in [0.2, 0.25) is 0 Å². The van der Waals surface area contributed by atoms with Crippen LogP contribution in [0.5, 0.6) is 5.75 Å². The lowest BCUT2D eigenvalue weighted by atomic mass is 10.2. The number of nitrogens with one attached hydrogen (secondary N) is 1. The zero-order chi connectivity index (χ0) is 22.2. The van der Waals surface area contributed by atoms with Crippen molar-refractivity contribution in [3.63, 3.8) is 0 Å². The van der Waals surface area contributed by atoms with Gasteiger partial charge in [0.2, 0.25) is 0 Å². The Morgan fingerprint density at radius 3 is 2.22 bits per heavy atom. The second-order valence-electron chi connectivity index (χ2n) is 8.36. The van der Waals surface area contributed by atoms with E-state index in [-0.39, 0.29) is 6.03 Å². The van der Waals surface area contributed by atoms with Gasteiger partial charge in [0.15, 0.2) is 0 Å². The lowest BCUT2D eigenvalue weighted by Crippen LogP contribution is -2.51. The number of hydrogen-bond acceptors (Lipinski definition) is 5. The van der Waals surface area contributed by atoms with Gasteiger partial charge < -0.3 is 24.8 Å². The lowest BCUT2D eigenvalue weighted by Gasteiger charge is -2.37. The van der Waals surface area contributed by atoms with E-state index in [1.54, 1.807) is 0 Å². The Morgan fingerprint density at radius 2 is 1.50 bits per heavy atom. The maximum atomic E-state index is 13.0. The Kier molecular flexibility index (Phi) is 7.85. The summed E-state index contributed by atoms with van der Waals surface area (Å²) in [5.41, 5.74) is 2.02. The summed E-state index contributed by atoms with van der Waals surface area (Å²) in [6.07, 6.45) is 0. The molecular weight excluding hydrogens is 402 g/mol. The fourth-order valence-electron chi connectivity index (χ4n) is 4.34. The van der Waals surface area contributed by atoms with E-state index in [0.29, 0.717) is 6.61 Å². The number of ether oxygens (including phenoxy) is 1. The van der Waals surface area contributed by atoms with Gasteiger partial charge in [0.1, 0.15) is 12.4 Å². The molecule has 7 heteroatoms. The van der Waals surface area contributed by atoms with Crippen LogP contribution in [0.1, 0.15) is 6.92 Å². The fourth-order valence-corrected chi connectivity index (χ4v) is 4.34. The minimum Gasteiger partial charge on any atom is -0.492 e. The molecule has 7 nitrogen and oxygen atoms in total. The van der Waals surface area contributed by atoms with Crippen molar-refractivity contribution in [2.45, 2.75) is 6.92 Å². The van der Waals surface area contributed by atoms with Gasteiger partial charge in [-0.1, -0.05) is 37.3 Å². The summed E-state index contributed by atoms with van der Waals surface area (Å²) in [6.45, 7) is 12.1. The summed E-state index contributed by atoms with van der Waals surface area (Å²) in [4.78, 5) is 22.1. The van der Waals surface area contributed by atoms with E-state index in [0.717, 1.165) is 82.6 Å². The molecule has 1 N–H and O–H groups in total. The predicted octanol–water partition coefficient (Wildman–Crippen LogP) is 3.06. The van der Waals surface area contributed by atoms with Crippen molar-refractivity contribution in [1.82, 2.24) is 14.7 Å². The number of rotatable bonds is 7. The summed E-state index contributed by atoms with van der Waals surface area (Å²) in [5, 5.41) is 3.17. The Labute approximate surface area is 191 Å². The van der Waals surface area contributed by atoms with E-state index in [1.165, 1.54) is 0 Å². The van der Waals surface area contributed by atoms with Crippen molar-refractivity contribution in [2.75, 3.05) is 82.3 Å². The Hall–Kier alpha value is -2.77. The molecule has 2 aromatic rings. The highest BCUT2D eigenvalue weighted by atomic mass is 16.5. The molecule has 0 aromatic heterocycles. The van der Waals surface area contributed by atoms with Crippen LogP contribution in [0.25, 0.3) is 0 Å². The number of amides is 2. The quantitative estimate of drug-likeness (QED) is 0.722. The highest BCUT2D eigenvalue weighted by molar-refractivity contribution is 5.93. The minimum absolute atomic E-state index is 0.00942. The molecule has 172 valence electrons. The third-order valence-electron chi connectivity index (χ3n) is 6.38. The van der Waals surface area contributed by atoms with Gasteiger partial charge in [0.25, 0.3) is 0 Å². The van der Waals surface area contributed by atoms with Gasteiger partial charge in [-0.3, -0.25) is 4.90 Å². The molecular formula is C25H35N5O2. The maximum absolute atomic E-state index is 13.0. The van der Waals surface area contributed by atoms with Crippen molar-refractivity contribution in [3.8, 4) is 5.75 Å². The number of carbonyl (C=O) groups excluding carboxylic acids is 1. The SMILES string of the molecule is CCN1CCN(c2ccccc2NC(=O)N2CCN(CCOc3ccccc3)CC2)CC1.